The van der Waals surface area contributed by atoms with Crippen LogP contribution in [-0.4, -0.2) is 97.1 Å². The lowest BCUT2D eigenvalue weighted by Crippen LogP contribution is -2.33. The molecule has 4 aromatic rings. The van der Waals surface area contributed by atoms with Gasteiger partial charge in [0.05, 0.1) is 0 Å². The molecule has 25 heteroatoms. The third-order valence-electron chi connectivity index (χ3n) is 9.67. The number of pyridine rings is 4. The zero-order valence-electron chi connectivity index (χ0n) is 38.5. The van der Waals surface area contributed by atoms with Crippen molar-refractivity contribution in [2.24, 2.45) is 7.05 Å². The number of carbonyl (C=O) groups excluding carboxylic acids is 4. The number of nitrogens with zero attached hydrogens (tertiary/aromatic N) is 4. The molecule has 0 unspecified atom stereocenters. The first-order valence-corrected chi connectivity index (χ1v) is 21.1. The minimum Gasteiger partial charge on any atom is -0.505 e. The quantitative estimate of drug-likeness (QED) is 0.119. The van der Waals surface area contributed by atoms with E-state index in [4.69, 9.17) is 51.1 Å². The molecule has 8 N–H and O–H groups in total. The first kappa shape index (κ1) is 58.0. The first-order valence-electron chi connectivity index (χ1n) is 19.6. The normalized spacial score (nSPS) is 10.4. The maximum absolute atomic E-state index is 12.1. The number of aromatic hydroxyl groups is 4. The Kier molecular flexibility index (Phi) is 22.0. The van der Waals surface area contributed by atoms with Crippen LogP contribution in [0, 0.1) is 27.7 Å². The summed E-state index contributed by atoms with van der Waals surface area (Å²) in [5, 5.41) is 47.9. The highest BCUT2D eigenvalue weighted by Gasteiger charge is 2.26. The summed E-state index contributed by atoms with van der Waals surface area (Å²) in [7, 11) is 6.98. The van der Waals surface area contributed by atoms with Gasteiger partial charge < -0.3 is 60.1 Å². The summed E-state index contributed by atoms with van der Waals surface area (Å²) in [4.78, 5) is 93.6. The Balaban J connectivity index is 0.000000441. The summed E-state index contributed by atoms with van der Waals surface area (Å²) in [5.41, 5.74) is -2.01. The molecule has 4 amide bonds. The summed E-state index contributed by atoms with van der Waals surface area (Å²) in [6, 6.07) is -0.149. The minimum atomic E-state index is -0.690. The van der Waals surface area contributed by atoms with Crippen molar-refractivity contribution in [3.8, 4) is 23.0 Å². The Labute approximate surface area is 398 Å². The molecule has 0 saturated carbocycles. The van der Waals surface area contributed by atoms with E-state index < -0.39 is 68.9 Å². The van der Waals surface area contributed by atoms with Gasteiger partial charge in [0, 0.05) is 77.2 Å². The van der Waals surface area contributed by atoms with Gasteiger partial charge in [-0.15, -0.1) is 0 Å². The Bertz CT molecular complexity index is 2760. The second kappa shape index (κ2) is 25.1. The summed E-state index contributed by atoms with van der Waals surface area (Å²) in [5.74, 6) is -4.56. The zero-order chi connectivity index (χ0) is 51.4. The fraction of sp³-hybridized carbons (Fsp3) is 0.415. The molecule has 0 atom stereocenters. The third-order valence-corrected chi connectivity index (χ3v) is 11.5. The van der Waals surface area contributed by atoms with Crippen LogP contribution < -0.4 is 43.5 Å². The van der Waals surface area contributed by atoms with E-state index >= 15 is 0 Å². The highest BCUT2D eigenvalue weighted by Crippen LogP contribution is 2.31. The van der Waals surface area contributed by atoms with E-state index in [1.54, 1.807) is 55.4 Å². The van der Waals surface area contributed by atoms with E-state index in [0.717, 1.165) is 0 Å². The number of aromatic nitrogens is 4. The van der Waals surface area contributed by atoms with Gasteiger partial charge in [0.15, 0.2) is 23.0 Å². The van der Waals surface area contributed by atoms with Gasteiger partial charge in [-0.05, 0) is 55.4 Å². The molecule has 0 aromatic carbocycles. The van der Waals surface area contributed by atoms with Gasteiger partial charge in [0.2, 0.25) is 0 Å². The molecule has 4 rings (SSSR count). The van der Waals surface area contributed by atoms with Gasteiger partial charge in [-0.2, -0.15) is 0 Å². The van der Waals surface area contributed by atoms with Crippen LogP contribution in [0.3, 0.4) is 0 Å². The second-order valence-corrected chi connectivity index (χ2v) is 15.4. The Morgan fingerprint density at radius 1 is 0.530 bits per heavy atom. The van der Waals surface area contributed by atoms with Crippen LogP contribution >= 0.6 is 46.4 Å². The summed E-state index contributed by atoms with van der Waals surface area (Å²) >= 11 is 23.4. The van der Waals surface area contributed by atoms with Crippen molar-refractivity contribution < 1.29 is 44.3 Å². The number of nitrogens with one attached hydrogen (secondary N) is 4. The number of amides is 4. The van der Waals surface area contributed by atoms with Crippen molar-refractivity contribution >= 4 is 70.0 Å². The van der Waals surface area contributed by atoms with E-state index in [1.807, 2.05) is 0 Å². The molecule has 0 radical (unpaired) electrons. The van der Waals surface area contributed by atoms with Crippen LogP contribution in [0.5, 0.6) is 23.0 Å². The molecule has 0 aliphatic heterocycles. The average Bonchev–Trinajstić information content (AvgIpc) is 3.28. The molecule has 0 aliphatic carbocycles. The van der Waals surface area contributed by atoms with Gasteiger partial charge in [0.25, 0.3) is 45.9 Å². The van der Waals surface area contributed by atoms with E-state index in [9.17, 15) is 58.8 Å². The lowest BCUT2D eigenvalue weighted by atomic mass is 10.2. The fourth-order valence-electron chi connectivity index (χ4n) is 5.85. The highest BCUT2D eigenvalue weighted by atomic mass is 35.5. The lowest BCUT2D eigenvalue weighted by Gasteiger charge is -2.17. The Morgan fingerprint density at radius 2 is 0.833 bits per heavy atom. The fourth-order valence-corrected chi connectivity index (χ4v) is 6.65. The van der Waals surface area contributed by atoms with Crippen LogP contribution in [0.4, 0.5) is 0 Å². The average molecular weight is 1010 g/mol. The lowest BCUT2D eigenvalue weighted by molar-refractivity contribution is 0.0827. The largest absolute Gasteiger partial charge is 0.505 e. The molecule has 364 valence electrons. The standard InChI is InChI=1S/C11H15ClN2O4.C11H15ClN2O3.C10H13ClN2O3.C9H11ClN2O3/c1-4-18-5-14-6(2)8(12)9(15)7(11(14)17)10(16)13-3;1-5(2)14-6(3)8(12)9(15)7(11(14)17)10(16)13-4;1-4-13-5(2)7(11)8(14)6(10(13)16)9(15)12-3;1-4-6(10)7(13)5(8(14)11-2)9(15)12(4)3/h15H,4-5H2,1-3H3,(H,13,16);5,15H,1-4H3,(H,13,16);14H,4H2,1-3H3,(H,12,15);13H,1-3H3,(H,11,14). The van der Waals surface area contributed by atoms with E-state index in [-0.39, 0.29) is 55.1 Å². The predicted octanol–water partition coefficient (Wildman–Crippen LogP) is 3.63. The molecule has 4 aromatic heterocycles. The smallest absolute Gasteiger partial charge is 0.269 e. The van der Waals surface area contributed by atoms with Crippen LogP contribution in [0.15, 0.2) is 19.2 Å². The van der Waals surface area contributed by atoms with E-state index in [2.05, 4.69) is 21.3 Å². The predicted molar refractivity (Wildman–Crippen MR) is 251 cm³/mol. The Morgan fingerprint density at radius 3 is 1.17 bits per heavy atom. The molecule has 0 saturated heterocycles. The van der Waals surface area contributed by atoms with E-state index in [0.29, 0.717) is 35.9 Å². The molecule has 66 heavy (non-hydrogen) atoms. The molecule has 21 nitrogen and oxygen atoms in total. The van der Waals surface area contributed by atoms with Gasteiger partial charge in [-0.3, -0.25) is 42.9 Å². The SMILES string of the molecule is CCOCn1c(C)c(Cl)c(O)c(C(=O)NC)c1=O.CCn1c(C)c(Cl)c(O)c(C(=O)NC)c1=O.CNC(=O)c1c(O)c(Cl)c(C)n(C(C)C)c1=O.CNC(=O)c1c(O)c(Cl)c(C)n(C)c1=O. The maximum atomic E-state index is 12.1. The molecule has 0 fully saturated rings. The topological polar surface area (TPSA) is 295 Å². The van der Waals surface area contributed by atoms with Gasteiger partial charge >= 0.3 is 0 Å². The number of hydrogen-bond donors (Lipinski definition) is 8. The molecule has 0 aliphatic rings. The monoisotopic (exact) mass is 1010 g/mol. The Hall–Kier alpha value is -6.00. The zero-order valence-corrected chi connectivity index (χ0v) is 41.5. The molecule has 4 heterocycles. The van der Waals surface area contributed by atoms with Crippen molar-refractivity contribution in [1.29, 1.82) is 0 Å². The van der Waals surface area contributed by atoms with Gasteiger partial charge in [0.1, 0.15) is 49.1 Å². The summed E-state index contributed by atoms with van der Waals surface area (Å²) < 4.78 is 10.3. The van der Waals surface area contributed by atoms with Crippen LogP contribution in [0.2, 0.25) is 20.1 Å². The van der Waals surface area contributed by atoms with Crippen LogP contribution in [0.25, 0.3) is 0 Å². The minimum absolute atomic E-state index is 0.00991. The molecular weight excluding hydrogens is 954 g/mol. The van der Waals surface area contributed by atoms with Crippen molar-refractivity contribution in [2.45, 2.75) is 74.7 Å². The van der Waals surface area contributed by atoms with Crippen molar-refractivity contribution in [3.05, 3.63) is 107 Å². The van der Waals surface area contributed by atoms with E-state index in [1.165, 1.54) is 53.5 Å². The number of ether oxygens (including phenoxy) is 1. The number of halogens is 4. The van der Waals surface area contributed by atoms with Crippen LogP contribution in [0.1, 0.15) is 97.9 Å². The number of carbonyl (C=O) groups is 4. The molecular formula is C41H54Cl4N8O13. The maximum Gasteiger partial charge on any atom is 0.269 e. The van der Waals surface area contributed by atoms with Gasteiger partial charge in [-0.1, -0.05) is 46.4 Å². The highest BCUT2D eigenvalue weighted by molar-refractivity contribution is 6.34. The summed E-state index contributed by atoms with van der Waals surface area (Å²) in [6.07, 6.45) is 0. The number of hydrogen-bond acceptors (Lipinski definition) is 13. The summed E-state index contributed by atoms with van der Waals surface area (Å²) in [6.45, 7) is 14.3. The molecule has 0 spiro atoms. The van der Waals surface area contributed by atoms with Crippen molar-refractivity contribution in [2.75, 3.05) is 34.8 Å². The number of rotatable bonds is 9. The second-order valence-electron chi connectivity index (χ2n) is 13.8. The molecule has 0 bridgehead atoms. The van der Waals surface area contributed by atoms with Gasteiger partial charge in [-0.25, -0.2) is 0 Å². The first-order chi connectivity index (χ1) is 30.6. The van der Waals surface area contributed by atoms with Crippen LogP contribution in [-0.2, 0) is 25.1 Å². The van der Waals surface area contributed by atoms with Crippen molar-refractivity contribution in [3.63, 3.8) is 0 Å². The van der Waals surface area contributed by atoms with Crippen molar-refractivity contribution in [1.82, 2.24) is 39.5 Å². The third kappa shape index (κ3) is 12.3.